The van der Waals surface area contributed by atoms with Crippen molar-refractivity contribution < 1.29 is 19.4 Å². The summed E-state index contributed by atoms with van der Waals surface area (Å²) < 4.78 is 5.24. The Morgan fingerprint density at radius 1 is 1.08 bits per heavy atom. The minimum Gasteiger partial charge on any atom is -0.478 e. The van der Waals surface area contributed by atoms with Gasteiger partial charge in [0.15, 0.2) is 0 Å². The monoisotopic (exact) mass is 327 g/mol. The van der Waals surface area contributed by atoms with Crippen LogP contribution in [0.4, 0.5) is 4.79 Å². The topological polar surface area (TPSA) is 75.6 Å². The highest BCUT2D eigenvalue weighted by Gasteiger charge is 2.15. The summed E-state index contributed by atoms with van der Waals surface area (Å²) in [4.78, 5) is 22.9. The zero-order chi connectivity index (χ0) is 17.4. The minimum absolute atomic E-state index is 0.207. The Morgan fingerprint density at radius 3 is 2.33 bits per heavy atom. The third kappa shape index (κ3) is 5.12. The molecule has 0 radical (unpaired) electrons. The highest BCUT2D eigenvalue weighted by molar-refractivity contribution is 5.87. The normalized spacial score (nSPS) is 11.5. The van der Waals surface area contributed by atoms with Gasteiger partial charge >= 0.3 is 12.1 Å². The van der Waals surface area contributed by atoms with Crippen LogP contribution in [0, 0.1) is 0 Å². The van der Waals surface area contributed by atoms with E-state index in [4.69, 9.17) is 9.84 Å². The van der Waals surface area contributed by atoms with Crippen LogP contribution in [-0.2, 0) is 11.3 Å². The molecule has 0 saturated heterocycles. The average Bonchev–Trinajstić information content (AvgIpc) is 2.60. The number of carbonyl (C=O) groups is 2. The molecule has 126 valence electrons. The van der Waals surface area contributed by atoms with Crippen LogP contribution in [0.15, 0.2) is 54.6 Å². The van der Waals surface area contributed by atoms with Gasteiger partial charge in [-0.3, -0.25) is 0 Å². The van der Waals surface area contributed by atoms with Crippen LogP contribution < -0.4 is 5.32 Å². The van der Waals surface area contributed by atoms with Gasteiger partial charge in [-0.25, -0.2) is 9.59 Å². The summed E-state index contributed by atoms with van der Waals surface area (Å²) in [5.74, 6) is -0.969. The number of carboxylic acids is 1. The van der Waals surface area contributed by atoms with Crippen molar-refractivity contribution in [1.82, 2.24) is 5.32 Å². The van der Waals surface area contributed by atoms with Gasteiger partial charge in [-0.05, 0) is 29.7 Å². The number of aromatic carboxylic acids is 1. The van der Waals surface area contributed by atoms with E-state index in [1.54, 1.807) is 12.1 Å². The van der Waals surface area contributed by atoms with Crippen molar-refractivity contribution in [2.24, 2.45) is 0 Å². The number of hydrogen-bond acceptors (Lipinski definition) is 3. The summed E-state index contributed by atoms with van der Waals surface area (Å²) in [6, 6.07) is 15.8. The minimum atomic E-state index is -0.969. The number of rotatable bonds is 7. The number of ether oxygens (including phenoxy) is 1. The second-order valence-corrected chi connectivity index (χ2v) is 5.47. The maximum Gasteiger partial charge on any atom is 0.407 e. The first-order chi connectivity index (χ1) is 11.6. The Balaban J connectivity index is 1.96. The lowest BCUT2D eigenvalue weighted by molar-refractivity contribution is 0.0696. The number of amides is 1. The molecule has 0 aliphatic carbocycles. The number of carboxylic acid groups (broad SMARTS) is 1. The smallest absolute Gasteiger partial charge is 0.407 e. The largest absolute Gasteiger partial charge is 0.478 e. The van der Waals surface area contributed by atoms with Gasteiger partial charge in [0.1, 0.15) is 6.61 Å². The van der Waals surface area contributed by atoms with E-state index in [0.717, 1.165) is 24.0 Å². The molecule has 0 saturated carbocycles. The van der Waals surface area contributed by atoms with Crippen LogP contribution in [0.5, 0.6) is 0 Å². The van der Waals surface area contributed by atoms with E-state index in [-0.39, 0.29) is 18.2 Å². The van der Waals surface area contributed by atoms with Gasteiger partial charge in [-0.2, -0.15) is 0 Å². The fraction of sp³-hybridized carbons (Fsp3) is 0.263. The molecule has 2 aromatic carbocycles. The average molecular weight is 327 g/mol. The summed E-state index contributed by atoms with van der Waals surface area (Å²) in [6.07, 6.45) is 1.14. The first kappa shape index (κ1) is 17.5. The van der Waals surface area contributed by atoms with E-state index in [2.05, 4.69) is 5.32 Å². The molecule has 0 aliphatic rings. The lowest BCUT2D eigenvalue weighted by Gasteiger charge is -2.18. The van der Waals surface area contributed by atoms with Gasteiger partial charge in [0.25, 0.3) is 0 Å². The maximum atomic E-state index is 12.0. The van der Waals surface area contributed by atoms with Crippen molar-refractivity contribution in [3.05, 3.63) is 71.3 Å². The Morgan fingerprint density at radius 2 is 1.75 bits per heavy atom. The van der Waals surface area contributed by atoms with Gasteiger partial charge in [-0.15, -0.1) is 0 Å². The lowest BCUT2D eigenvalue weighted by Crippen LogP contribution is -2.29. The molecule has 5 nitrogen and oxygen atoms in total. The number of carbonyl (C=O) groups excluding carboxylic acids is 1. The summed E-state index contributed by atoms with van der Waals surface area (Å²) >= 11 is 0. The van der Waals surface area contributed by atoms with E-state index in [0.29, 0.717) is 0 Å². The maximum absolute atomic E-state index is 12.0. The highest BCUT2D eigenvalue weighted by atomic mass is 16.5. The Bertz CT molecular complexity index is 668. The molecule has 5 heteroatoms. The van der Waals surface area contributed by atoms with Crippen LogP contribution >= 0.6 is 0 Å². The van der Waals surface area contributed by atoms with E-state index in [1.807, 2.05) is 37.3 Å². The first-order valence-corrected chi connectivity index (χ1v) is 7.90. The molecule has 0 fully saturated rings. The fourth-order valence-electron chi connectivity index (χ4n) is 2.38. The Hall–Kier alpha value is -2.82. The van der Waals surface area contributed by atoms with Gasteiger partial charge in [0.2, 0.25) is 0 Å². The Kier molecular flexibility index (Phi) is 6.37. The standard InChI is InChI=1S/C19H21NO4/c1-2-6-17(15-9-11-16(12-10-15)18(21)22)20-19(23)24-13-14-7-4-3-5-8-14/h3-5,7-12,17H,2,6,13H2,1H3,(H,20,23)(H,21,22). The molecule has 1 amide bonds. The first-order valence-electron chi connectivity index (χ1n) is 7.90. The third-order valence-corrected chi connectivity index (χ3v) is 3.64. The number of alkyl carbamates (subject to hydrolysis) is 1. The van der Waals surface area contributed by atoms with Crippen molar-refractivity contribution in [3.8, 4) is 0 Å². The van der Waals surface area contributed by atoms with Crippen LogP contribution in [0.3, 0.4) is 0 Å². The van der Waals surface area contributed by atoms with E-state index >= 15 is 0 Å². The lowest BCUT2D eigenvalue weighted by atomic mass is 10.0. The summed E-state index contributed by atoms with van der Waals surface area (Å²) in [5.41, 5.74) is 2.00. The van der Waals surface area contributed by atoms with Crippen molar-refractivity contribution in [1.29, 1.82) is 0 Å². The molecule has 24 heavy (non-hydrogen) atoms. The summed E-state index contributed by atoms with van der Waals surface area (Å²) in [6.45, 7) is 2.24. The predicted molar refractivity (Wildman–Crippen MR) is 90.8 cm³/mol. The second-order valence-electron chi connectivity index (χ2n) is 5.47. The van der Waals surface area contributed by atoms with Crippen molar-refractivity contribution >= 4 is 12.1 Å². The van der Waals surface area contributed by atoms with Crippen molar-refractivity contribution in [2.45, 2.75) is 32.4 Å². The van der Waals surface area contributed by atoms with Gasteiger partial charge in [0, 0.05) is 0 Å². The van der Waals surface area contributed by atoms with Crippen LogP contribution in [0.25, 0.3) is 0 Å². The third-order valence-electron chi connectivity index (χ3n) is 3.64. The molecule has 0 aromatic heterocycles. The molecule has 2 aromatic rings. The molecule has 2 N–H and O–H groups in total. The van der Waals surface area contributed by atoms with Gasteiger partial charge < -0.3 is 15.2 Å². The van der Waals surface area contributed by atoms with Gasteiger partial charge in [-0.1, -0.05) is 55.8 Å². The van der Waals surface area contributed by atoms with E-state index in [1.165, 1.54) is 12.1 Å². The SMILES string of the molecule is CCCC(NC(=O)OCc1ccccc1)c1ccc(C(=O)O)cc1. The quantitative estimate of drug-likeness (QED) is 0.801. The molecule has 0 spiro atoms. The number of hydrogen-bond donors (Lipinski definition) is 2. The molecular formula is C19H21NO4. The fourth-order valence-corrected chi connectivity index (χ4v) is 2.38. The van der Waals surface area contributed by atoms with E-state index in [9.17, 15) is 9.59 Å². The van der Waals surface area contributed by atoms with Crippen molar-refractivity contribution in [3.63, 3.8) is 0 Å². The van der Waals surface area contributed by atoms with Crippen LogP contribution in [-0.4, -0.2) is 17.2 Å². The molecule has 1 atom stereocenters. The molecule has 0 heterocycles. The summed E-state index contributed by atoms with van der Waals surface area (Å²) in [7, 11) is 0. The summed E-state index contributed by atoms with van der Waals surface area (Å²) in [5, 5.41) is 11.8. The Labute approximate surface area is 141 Å². The highest BCUT2D eigenvalue weighted by Crippen LogP contribution is 2.19. The van der Waals surface area contributed by atoms with Crippen LogP contribution in [0.1, 0.15) is 47.3 Å². The van der Waals surface area contributed by atoms with E-state index < -0.39 is 12.1 Å². The predicted octanol–water partition coefficient (Wildman–Crippen LogP) is 4.15. The zero-order valence-electron chi connectivity index (χ0n) is 13.6. The molecule has 0 bridgehead atoms. The van der Waals surface area contributed by atoms with Crippen molar-refractivity contribution in [2.75, 3.05) is 0 Å². The number of benzene rings is 2. The molecule has 1 unspecified atom stereocenters. The molecular weight excluding hydrogens is 306 g/mol. The van der Waals surface area contributed by atoms with Crippen LogP contribution in [0.2, 0.25) is 0 Å². The second kappa shape index (κ2) is 8.72. The molecule has 2 rings (SSSR count). The van der Waals surface area contributed by atoms with Gasteiger partial charge in [0.05, 0.1) is 11.6 Å². The number of nitrogens with one attached hydrogen (secondary N) is 1. The zero-order valence-corrected chi connectivity index (χ0v) is 13.6. The molecule has 0 aliphatic heterocycles.